The van der Waals surface area contributed by atoms with Crippen molar-refractivity contribution >= 4 is 27.6 Å². The molecule has 0 unspecified atom stereocenters. The van der Waals surface area contributed by atoms with Crippen LogP contribution in [0.1, 0.15) is 21.5 Å². The van der Waals surface area contributed by atoms with Crippen molar-refractivity contribution in [1.82, 2.24) is 0 Å². The van der Waals surface area contributed by atoms with Crippen LogP contribution >= 0.6 is 15.9 Å². The van der Waals surface area contributed by atoms with Crippen LogP contribution in [0, 0.1) is 10.1 Å². The maximum atomic E-state index is 11.9. The van der Waals surface area contributed by atoms with Crippen LogP contribution in [-0.2, 0) is 11.2 Å². The summed E-state index contributed by atoms with van der Waals surface area (Å²) in [5, 5.41) is 11.3. The van der Waals surface area contributed by atoms with E-state index in [-0.39, 0.29) is 17.7 Å². The lowest BCUT2D eigenvalue weighted by molar-refractivity contribution is -0.385. The summed E-state index contributed by atoms with van der Waals surface area (Å²) in [6, 6.07) is 12.2. The van der Waals surface area contributed by atoms with E-state index < -0.39 is 10.9 Å². The van der Waals surface area contributed by atoms with Crippen LogP contribution in [0.25, 0.3) is 0 Å². The van der Waals surface area contributed by atoms with E-state index in [1.165, 1.54) is 19.2 Å². The van der Waals surface area contributed by atoms with E-state index in [1.54, 1.807) is 0 Å². The van der Waals surface area contributed by atoms with Gasteiger partial charge in [0.1, 0.15) is 0 Å². The summed E-state index contributed by atoms with van der Waals surface area (Å²) in [4.78, 5) is 22.7. The zero-order valence-electron chi connectivity index (χ0n) is 11.2. The summed E-state index contributed by atoms with van der Waals surface area (Å²) in [5.41, 5.74) is 1.32. The van der Waals surface area contributed by atoms with Crippen molar-refractivity contribution in [2.45, 2.75) is 6.42 Å². The minimum atomic E-state index is -0.592. The molecule has 0 amide bonds. The maximum Gasteiger partial charge on any atom is 0.338 e. The topological polar surface area (TPSA) is 69.4 Å². The van der Waals surface area contributed by atoms with Gasteiger partial charge < -0.3 is 4.74 Å². The fraction of sp³-hybridized carbons (Fsp3) is 0.133. The maximum absolute atomic E-state index is 11.9. The number of halogens is 1. The van der Waals surface area contributed by atoms with Crippen LogP contribution in [0.15, 0.2) is 46.9 Å². The van der Waals surface area contributed by atoms with E-state index in [2.05, 4.69) is 15.9 Å². The molecule has 108 valence electrons. The minimum Gasteiger partial charge on any atom is -0.465 e. The van der Waals surface area contributed by atoms with E-state index in [4.69, 9.17) is 4.74 Å². The Morgan fingerprint density at radius 1 is 1.29 bits per heavy atom. The molecule has 2 aromatic rings. The summed E-state index contributed by atoms with van der Waals surface area (Å²) in [6.07, 6.45) is 0.287. The fourth-order valence-corrected chi connectivity index (χ4v) is 2.51. The second-order valence-corrected chi connectivity index (χ2v) is 5.28. The molecule has 0 saturated heterocycles. The molecule has 2 rings (SSSR count). The molecule has 5 nitrogen and oxygen atoms in total. The highest BCUT2D eigenvalue weighted by atomic mass is 79.9. The average Bonchev–Trinajstić information content (AvgIpc) is 2.48. The van der Waals surface area contributed by atoms with Gasteiger partial charge in [0.05, 0.1) is 17.6 Å². The van der Waals surface area contributed by atoms with Gasteiger partial charge in [0.2, 0.25) is 0 Å². The normalized spacial score (nSPS) is 10.2. The van der Waals surface area contributed by atoms with Crippen LogP contribution in [-0.4, -0.2) is 18.0 Å². The number of nitrogens with zero attached hydrogens (tertiary/aromatic N) is 1. The van der Waals surface area contributed by atoms with Gasteiger partial charge in [-0.2, -0.15) is 0 Å². The van der Waals surface area contributed by atoms with Crippen LogP contribution < -0.4 is 0 Å². The molecule has 0 fully saturated rings. The van der Waals surface area contributed by atoms with E-state index in [9.17, 15) is 14.9 Å². The molecule has 0 N–H and O–H groups in total. The van der Waals surface area contributed by atoms with E-state index in [1.807, 2.05) is 30.3 Å². The summed E-state index contributed by atoms with van der Waals surface area (Å²) in [7, 11) is 1.25. The number of nitro benzene ring substituents is 1. The van der Waals surface area contributed by atoms with E-state index in [0.29, 0.717) is 10.0 Å². The lowest BCUT2D eigenvalue weighted by Gasteiger charge is -2.10. The van der Waals surface area contributed by atoms with Crippen LogP contribution in [0.5, 0.6) is 0 Å². The molecule has 21 heavy (non-hydrogen) atoms. The predicted octanol–water partition coefficient (Wildman–Crippen LogP) is 3.73. The number of rotatable bonds is 4. The molecule has 0 saturated carbocycles. The van der Waals surface area contributed by atoms with Gasteiger partial charge in [-0.05, 0) is 11.6 Å². The molecule has 0 aliphatic heterocycles. The Morgan fingerprint density at radius 2 is 1.95 bits per heavy atom. The van der Waals surface area contributed by atoms with Crippen LogP contribution in [0.2, 0.25) is 0 Å². The average molecular weight is 350 g/mol. The number of methoxy groups -OCH3 is 1. The quantitative estimate of drug-likeness (QED) is 0.479. The largest absolute Gasteiger partial charge is 0.465 e. The minimum absolute atomic E-state index is 0.103. The summed E-state index contributed by atoms with van der Waals surface area (Å²) >= 11 is 3.19. The molecular weight excluding hydrogens is 338 g/mol. The Bertz CT molecular complexity index is 686. The molecule has 0 heterocycles. The second kappa shape index (κ2) is 6.49. The molecular formula is C15H12BrNO4. The third-order valence-corrected chi connectivity index (χ3v) is 3.47. The van der Waals surface area contributed by atoms with E-state index in [0.717, 1.165) is 5.56 Å². The van der Waals surface area contributed by atoms with Gasteiger partial charge in [-0.15, -0.1) is 0 Å². The summed E-state index contributed by atoms with van der Waals surface area (Å²) in [6.45, 7) is 0. The van der Waals surface area contributed by atoms with Crippen molar-refractivity contribution in [3.63, 3.8) is 0 Å². The highest BCUT2D eigenvalue weighted by Crippen LogP contribution is 2.30. The number of esters is 1. The number of carbonyl (C=O) groups is 1. The van der Waals surface area contributed by atoms with Crippen molar-refractivity contribution in [2.75, 3.05) is 7.11 Å². The third-order valence-electron chi connectivity index (χ3n) is 3.02. The number of benzene rings is 2. The van der Waals surface area contributed by atoms with Gasteiger partial charge in [0.15, 0.2) is 0 Å². The van der Waals surface area contributed by atoms with Gasteiger partial charge in [-0.1, -0.05) is 46.3 Å². The van der Waals surface area contributed by atoms with Crippen molar-refractivity contribution in [3.8, 4) is 0 Å². The Balaban J connectivity index is 2.59. The smallest absolute Gasteiger partial charge is 0.338 e. The Kier molecular flexibility index (Phi) is 4.70. The monoisotopic (exact) mass is 349 g/mol. The zero-order valence-corrected chi connectivity index (χ0v) is 12.8. The number of carbonyl (C=O) groups excluding carboxylic acids is 1. The second-order valence-electron chi connectivity index (χ2n) is 4.36. The highest BCUT2D eigenvalue weighted by molar-refractivity contribution is 9.10. The standard InChI is InChI=1S/C15H12BrNO4/c1-21-15(18)13-8-11(16)9-14(17(19)20)12(13)7-10-5-3-2-4-6-10/h2-6,8-9H,7H2,1H3. The zero-order chi connectivity index (χ0) is 15.4. The molecule has 0 aliphatic rings. The van der Waals surface area contributed by atoms with Gasteiger partial charge in [0, 0.05) is 22.5 Å². The molecule has 0 bridgehead atoms. The highest BCUT2D eigenvalue weighted by Gasteiger charge is 2.23. The molecule has 0 aromatic heterocycles. The fourth-order valence-electron chi connectivity index (χ4n) is 2.06. The number of hydrogen-bond acceptors (Lipinski definition) is 4. The first kappa shape index (κ1) is 15.2. The molecule has 0 aliphatic carbocycles. The summed E-state index contributed by atoms with van der Waals surface area (Å²) in [5.74, 6) is -0.592. The Hall–Kier alpha value is -2.21. The van der Waals surface area contributed by atoms with Gasteiger partial charge in [0.25, 0.3) is 5.69 Å². The molecule has 2 aromatic carbocycles. The molecule has 0 radical (unpaired) electrons. The first-order valence-electron chi connectivity index (χ1n) is 6.12. The number of hydrogen-bond donors (Lipinski definition) is 0. The molecule has 0 spiro atoms. The molecule has 0 atom stereocenters. The predicted molar refractivity (Wildman–Crippen MR) is 81.4 cm³/mol. The Morgan fingerprint density at radius 3 is 2.52 bits per heavy atom. The van der Waals surface area contributed by atoms with Crippen molar-refractivity contribution in [1.29, 1.82) is 0 Å². The van der Waals surface area contributed by atoms with Crippen LogP contribution in [0.4, 0.5) is 5.69 Å². The Labute approximate surface area is 129 Å². The van der Waals surface area contributed by atoms with Gasteiger partial charge in [-0.25, -0.2) is 4.79 Å². The summed E-state index contributed by atoms with van der Waals surface area (Å²) < 4.78 is 5.19. The van der Waals surface area contributed by atoms with Crippen molar-refractivity contribution < 1.29 is 14.5 Å². The SMILES string of the molecule is COC(=O)c1cc(Br)cc([N+](=O)[O-])c1Cc1ccccc1. The number of ether oxygens (including phenoxy) is 1. The van der Waals surface area contributed by atoms with Crippen molar-refractivity contribution in [3.05, 3.63) is 73.7 Å². The first-order valence-corrected chi connectivity index (χ1v) is 6.91. The van der Waals surface area contributed by atoms with Gasteiger partial charge in [-0.3, -0.25) is 10.1 Å². The van der Waals surface area contributed by atoms with Crippen LogP contribution in [0.3, 0.4) is 0 Å². The van der Waals surface area contributed by atoms with E-state index >= 15 is 0 Å². The molecule has 6 heteroatoms. The van der Waals surface area contributed by atoms with Gasteiger partial charge >= 0.3 is 5.97 Å². The van der Waals surface area contributed by atoms with Crippen molar-refractivity contribution in [2.24, 2.45) is 0 Å². The third kappa shape index (κ3) is 3.46. The number of nitro groups is 1. The lowest BCUT2D eigenvalue weighted by Crippen LogP contribution is -2.09. The first-order chi connectivity index (χ1) is 10.0. The lowest BCUT2D eigenvalue weighted by atomic mass is 9.98.